The van der Waals surface area contributed by atoms with E-state index in [1.54, 1.807) is 12.3 Å². The van der Waals surface area contributed by atoms with Crippen molar-refractivity contribution in [1.82, 2.24) is 4.98 Å². The topological polar surface area (TPSA) is 59.4 Å². The molecule has 0 amide bonds. The highest BCUT2D eigenvalue weighted by Gasteiger charge is 2.34. The van der Waals surface area contributed by atoms with Gasteiger partial charge >= 0.3 is 12.1 Å². The Bertz CT molecular complexity index is 1740. The number of halogens is 3. The fourth-order valence-electron chi connectivity index (χ4n) is 5.25. The van der Waals surface area contributed by atoms with Crippen LogP contribution in [0.4, 0.5) is 13.2 Å². The minimum Gasteiger partial charge on any atom is -0.489 e. The van der Waals surface area contributed by atoms with Crippen LogP contribution in [0.3, 0.4) is 0 Å². The molecule has 0 bridgehead atoms. The third-order valence-electron chi connectivity index (χ3n) is 7.22. The first-order valence-corrected chi connectivity index (χ1v) is 13.7. The van der Waals surface area contributed by atoms with E-state index in [1.807, 2.05) is 72.8 Å². The number of benzene rings is 4. The Morgan fingerprint density at radius 3 is 2.38 bits per heavy atom. The van der Waals surface area contributed by atoms with E-state index in [-0.39, 0.29) is 24.5 Å². The lowest BCUT2D eigenvalue weighted by atomic mass is 9.87. The van der Waals surface area contributed by atoms with Gasteiger partial charge in [0, 0.05) is 29.1 Å². The molecule has 0 aliphatic rings. The largest absolute Gasteiger partial charge is 0.489 e. The third kappa shape index (κ3) is 6.30. The molecule has 4 aromatic carbocycles. The maximum Gasteiger partial charge on any atom is 0.418 e. The summed E-state index contributed by atoms with van der Waals surface area (Å²) in [6.07, 6.45) is -2.53. The minimum atomic E-state index is -4.55. The summed E-state index contributed by atoms with van der Waals surface area (Å²) in [6.45, 7) is 4.42. The van der Waals surface area contributed by atoms with Crippen molar-refractivity contribution < 1.29 is 27.8 Å². The second-order valence-electron chi connectivity index (χ2n) is 10.5. The number of hydrogen-bond acceptors (Lipinski definition) is 3. The molecule has 42 heavy (non-hydrogen) atoms. The summed E-state index contributed by atoms with van der Waals surface area (Å²) in [5.74, 6) is -0.106. The van der Waals surface area contributed by atoms with E-state index < -0.39 is 17.7 Å². The Balaban J connectivity index is 1.59. The Hall–Kier alpha value is -4.65. The second kappa shape index (κ2) is 12.1. The summed E-state index contributed by atoms with van der Waals surface area (Å²) in [5.41, 5.74) is 5.01. The van der Waals surface area contributed by atoms with Crippen LogP contribution in [0.25, 0.3) is 33.2 Å². The molecule has 1 N–H and O–H groups in total. The average molecular weight is 570 g/mol. The molecule has 0 aliphatic heterocycles. The highest BCUT2D eigenvalue weighted by molar-refractivity contribution is 6.03. The number of aromatic nitrogens is 1. The summed E-state index contributed by atoms with van der Waals surface area (Å²) in [5, 5.41) is 9.39. The lowest BCUT2D eigenvalue weighted by Gasteiger charge is -2.19. The van der Waals surface area contributed by atoms with Gasteiger partial charge in [-0.15, -0.1) is 0 Å². The number of hydrogen-bond donors (Lipinski definition) is 1. The number of carboxylic acids is 1. The van der Waals surface area contributed by atoms with Gasteiger partial charge in [0.25, 0.3) is 0 Å². The van der Waals surface area contributed by atoms with Crippen LogP contribution >= 0.6 is 0 Å². The smallest absolute Gasteiger partial charge is 0.418 e. The summed E-state index contributed by atoms with van der Waals surface area (Å²) < 4.78 is 48.1. The molecule has 1 heterocycles. The maximum atomic E-state index is 14.0. The number of rotatable bonds is 9. The van der Waals surface area contributed by atoms with Gasteiger partial charge in [-0.05, 0) is 58.4 Å². The molecule has 5 rings (SSSR count). The van der Waals surface area contributed by atoms with Gasteiger partial charge < -0.3 is 9.84 Å². The van der Waals surface area contributed by atoms with Crippen molar-refractivity contribution in [2.24, 2.45) is 0 Å². The van der Waals surface area contributed by atoms with Crippen molar-refractivity contribution in [1.29, 1.82) is 0 Å². The second-order valence-corrected chi connectivity index (χ2v) is 10.5. The first-order valence-electron chi connectivity index (χ1n) is 13.7. The summed E-state index contributed by atoms with van der Waals surface area (Å²) in [4.78, 5) is 15.3. The monoisotopic (exact) mass is 569 g/mol. The first kappa shape index (κ1) is 28.9. The van der Waals surface area contributed by atoms with E-state index in [4.69, 9.17) is 9.84 Å². The Morgan fingerprint density at radius 1 is 0.881 bits per heavy atom. The van der Waals surface area contributed by atoms with Crippen LogP contribution in [0.15, 0.2) is 97.2 Å². The minimum absolute atomic E-state index is 0.0462. The van der Waals surface area contributed by atoms with Crippen molar-refractivity contribution in [2.75, 3.05) is 0 Å². The molecule has 7 heteroatoms. The van der Waals surface area contributed by atoms with Gasteiger partial charge in [0.05, 0.1) is 11.1 Å². The van der Waals surface area contributed by atoms with Crippen LogP contribution in [0.1, 0.15) is 48.4 Å². The molecule has 4 nitrogen and oxygen atoms in total. The normalized spacial score (nSPS) is 11.7. The Kier molecular flexibility index (Phi) is 8.29. The number of aryl methyl sites for hydroxylation is 1. The molecule has 0 fully saturated rings. The number of carboxylic acid groups (broad SMARTS) is 1. The molecular formula is C35H30F3NO3. The molecule has 1 aromatic heterocycles. The fourth-order valence-corrected chi connectivity index (χ4v) is 5.25. The van der Waals surface area contributed by atoms with Crippen LogP contribution in [-0.4, -0.2) is 16.1 Å². The van der Waals surface area contributed by atoms with Gasteiger partial charge in [0.1, 0.15) is 12.4 Å². The van der Waals surface area contributed by atoms with Crippen molar-refractivity contribution >= 4 is 16.9 Å². The number of fused-ring (bicyclic) bond motifs is 1. The number of carbonyl (C=O) groups is 1. The van der Waals surface area contributed by atoms with Gasteiger partial charge in [-0.1, -0.05) is 86.6 Å². The average Bonchev–Trinajstić information content (AvgIpc) is 2.98. The number of ether oxygens (including phenoxy) is 1. The molecule has 0 spiro atoms. The number of nitrogens with zero attached hydrogens (tertiary/aromatic N) is 1. The zero-order valence-corrected chi connectivity index (χ0v) is 23.3. The van der Waals surface area contributed by atoms with Crippen LogP contribution in [-0.2, 0) is 24.0 Å². The first-order chi connectivity index (χ1) is 20.1. The van der Waals surface area contributed by atoms with Crippen LogP contribution in [0.5, 0.6) is 5.75 Å². The maximum absolute atomic E-state index is 14.0. The highest BCUT2D eigenvalue weighted by atomic mass is 19.4. The predicted molar refractivity (Wildman–Crippen MR) is 158 cm³/mol. The van der Waals surface area contributed by atoms with Gasteiger partial charge in [0.15, 0.2) is 0 Å². The number of para-hydroxylation sites is 1. The number of aliphatic carboxylic acids is 1. The van der Waals surface area contributed by atoms with Crippen molar-refractivity contribution in [3.8, 4) is 28.0 Å². The van der Waals surface area contributed by atoms with E-state index in [0.29, 0.717) is 28.7 Å². The molecule has 0 radical (unpaired) electrons. The van der Waals surface area contributed by atoms with E-state index in [0.717, 1.165) is 33.9 Å². The number of pyridine rings is 1. The van der Waals surface area contributed by atoms with E-state index >= 15 is 0 Å². The zero-order valence-electron chi connectivity index (χ0n) is 23.3. The van der Waals surface area contributed by atoms with Gasteiger partial charge in [-0.3, -0.25) is 9.78 Å². The molecule has 214 valence electrons. The standard InChI is InChI=1S/C35H30F3NO3/c1-22(2)27-12-3-4-13-28(27)30-20-39-34-29(14-7-15-31(34)35(36,37)38)33(30)25-10-6-11-26(19-25)42-21-24-9-5-8-23(18-24)16-17-32(40)41/h3-15,18-20,22H,16-17,21H2,1-2H3,(H,40,41). The van der Waals surface area contributed by atoms with Crippen LogP contribution in [0.2, 0.25) is 0 Å². The van der Waals surface area contributed by atoms with Gasteiger partial charge in [0.2, 0.25) is 0 Å². The summed E-state index contributed by atoms with van der Waals surface area (Å²) in [7, 11) is 0. The zero-order chi connectivity index (χ0) is 29.9. The fraction of sp³-hybridized carbons (Fsp3) is 0.200. The molecule has 0 saturated heterocycles. The Labute approximate surface area is 242 Å². The molecule has 0 unspecified atom stereocenters. The lowest BCUT2D eigenvalue weighted by Crippen LogP contribution is -2.07. The van der Waals surface area contributed by atoms with Crippen LogP contribution in [0, 0.1) is 0 Å². The molecular weight excluding hydrogens is 539 g/mol. The summed E-state index contributed by atoms with van der Waals surface area (Å²) in [6, 6.07) is 27.0. The van der Waals surface area contributed by atoms with Gasteiger partial charge in [-0.25, -0.2) is 0 Å². The summed E-state index contributed by atoms with van der Waals surface area (Å²) >= 11 is 0. The molecule has 0 saturated carbocycles. The molecule has 0 aliphatic carbocycles. The van der Waals surface area contributed by atoms with E-state index in [1.165, 1.54) is 6.07 Å². The molecule has 0 atom stereocenters. The SMILES string of the molecule is CC(C)c1ccccc1-c1cnc2c(C(F)(F)F)cccc2c1-c1cccc(OCc2cccc(CCC(=O)O)c2)c1. The van der Waals surface area contributed by atoms with Crippen molar-refractivity contribution in [3.05, 3.63) is 119 Å². The van der Waals surface area contributed by atoms with Gasteiger partial charge in [-0.2, -0.15) is 13.2 Å². The van der Waals surface area contributed by atoms with Crippen molar-refractivity contribution in [2.45, 2.75) is 45.4 Å². The highest BCUT2D eigenvalue weighted by Crippen LogP contribution is 2.43. The van der Waals surface area contributed by atoms with E-state index in [9.17, 15) is 18.0 Å². The predicted octanol–water partition coefficient (Wildman–Crippen LogP) is 9.31. The third-order valence-corrected chi connectivity index (χ3v) is 7.22. The quantitative estimate of drug-likeness (QED) is 0.192. The lowest BCUT2D eigenvalue weighted by molar-refractivity contribution is -0.137. The molecule has 5 aromatic rings. The van der Waals surface area contributed by atoms with E-state index in [2.05, 4.69) is 18.8 Å². The van der Waals surface area contributed by atoms with Crippen LogP contribution < -0.4 is 4.74 Å². The Morgan fingerprint density at radius 2 is 1.62 bits per heavy atom. The van der Waals surface area contributed by atoms with Crippen molar-refractivity contribution in [3.63, 3.8) is 0 Å². The number of alkyl halides is 3.